The number of hydrogen-bond donors (Lipinski definition) is 2. The van der Waals surface area contributed by atoms with Crippen molar-refractivity contribution in [2.24, 2.45) is 17.8 Å². The fourth-order valence-corrected chi connectivity index (χ4v) is 6.65. The van der Waals surface area contributed by atoms with Gasteiger partial charge in [-0.2, -0.15) is 0 Å². The molecular weight excluding hydrogens is 513 g/mol. The lowest BCUT2D eigenvalue weighted by atomic mass is 9.72. The van der Waals surface area contributed by atoms with E-state index in [-0.39, 0.29) is 17.9 Å². The van der Waals surface area contributed by atoms with Crippen molar-refractivity contribution in [1.82, 2.24) is 5.32 Å². The first-order valence-electron chi connectivity index (χ1n) is 13.4. The highest BCUT2D eigenvalue weighted by Crippen LogP contribution is 2.53. The Balaban J connectivity index is 1.59. The minimum atomic E-state index is -4.92. The Kier molecular flexibility index (Phi) is 7.17. The van der Waals surface area contributed by atoms with Crippen LogP contribution in [0.1, 0.15) is 62.6 Å². The fourth-order valence-electron chi connectivity index (χ4n) is 6.65. The summed E-state index contributed by atoms with van der Waals surface area (Å²) in [5, 5.41) is 13.7. The number of fused-ring (bicyclic) bond motifs is 1. The van der Waals surface area contributed by atoms with E-state index in [1.54, 1.807) is 12.1 Å². The molecule has 2 saturated heterocycles. The number of carbonyl (C=O) groups is 3. The second-order valence-corrected chi connectivity index (χ2v) is 10.8. The van der Waals surface area contributed by atoms with Gasteiger partial charge in [-0.25, -0.2) is 4.90 Å². The number of benzene rings is 2. The lowest BCUT2D eigenvalue weighted by Crippen LogP contribution is -2.57. The third kappa shape index (κ3) is 5.02. The summed E-state index contributed by atoms with van der Waals surface area (Å²) in [6, 6.07) is 11.1. The monoisotopic (exact) mass is 544 g/mol. The van der Waals surface area contributed by atoms with Crippen LogP contribution in [0.3, 0.4) is 0 Å². The van der Waals surface area contributed by atoms with E-state index in [4.69, 9.17) is 0 Å². The summed E-state index contributed by atoms with van der Waals surface area (Å²) >= 11 is 0. The summed E-state index contributed by atoms with van der Waals surface area (Å²) in [4.78, 5) is 42.0. The number of halogens is 3. The van der Waals surface area contributed by atoms with Gasteiger partial charge in [0, 0.05) is 6.04 Å². The molecule has 7 nitrogen and oxygen atoms in total. The molecule has 2 N–H and O–H groups in total. The van der Waals surface area contributed by atoms with Gasteiger partial charge in [-0.05, 0) is 54.2 Å². The molecule has 5 rings (SSSR count). The maximum atomic E-state index is 14.0. The van der Waals surface area contributed by atoms with Crippen molar-refractivity contribution >= 4 is 23.5 Å². The molecule has 2 aromatic rings. The lowest BCUT2D eigenvalue weighted by molar-refractivity contribution is -0.274. The number of imide groups is 1. The molecule has 0 aromatic heterocycles. The number of rotatable bonds is 7. The number of alkyl halides is 3. The summed E-state index contributed by atoms with van der Waals surface area (Å²) in [5.74, 6) is -5.18. The van der Waals surface area contributed by atoms with Crippen LogP contribution in [-0.4, -0.2) is 34.8 Å². The zero-order chi connectivity index (χ0) is 27.9. The van der Waals surface area contributed by atoms with Crippen LogP contribution in [0.2, 0.25) is 0 Å². The maximum absolute atomic E-state index is 14.0. The van der Waals surface area contributed by atoms with E-state index in [2.05, 4.69) is 10.1 Å². The van der Waals surface area contributed by atoms with Crippen LogP contribution >= 0.6 is 0 Å². The maximum Gasteiger partial charge on any atom is 0.573 e. The van der Waals surface area contributed by atoms with Crippen LogP contribution in [0.25, 0.3) is 0 Å². The number of aliphatic carboxylic acids is 1. The van der Waals surface area contributed by atoms with Crippen LogP contribution in [-0.2, 0) is 20.8 Å². The van der Waals surface area contributed by atoms with Crippen LogP contribution < -0.4 is 15.0 Å². The van der Waals surface area contributed by atoms with E-state index in [0.717, 1.165) is 61.1 Å². The minimum Gasteiger partial charge on any atom is -0.480 e. The van der Waals surface area contributed by atoms with E-state index in [1.165, 1.54) is 12.1 Å². The highest BCUT2D eigenvalue weighted by atomic mass is 19.4. The number of anilines is 1. The Bertz CT molecular complexity index is 1260. The van der Waals surface area contributed by atoms with Gasteiger partial charge < -0.3 is 9.84 Å². The van der Waals surface area contributed by atoms with Gasteiger partial charge in [0.25, 0.3) is 0 Å². The van der Waals surface area contributed by atoms with Crippen molar-refractivity contribution < 1.29 is 37.4 Å². The summed E-state index contributed by atoms with van der Waals surface area (Å²) in [5.41, 5.74) is -0.135. The molecule has 4 unspecified atom stereocenters. The Morgan fingerprint density at radius 1 is 1.08 bits per heavy atom. The van der Waals surface area contributed by atoms with Crippen molar-refractivity contribution in [2.45, 2.75) is 69.8 Å². The average Bonchev–Trinajstić information content (AvgIpc) is 3.38. The van der Waals surface area contributed by atoms with Gasteiger partial charge in [-0.3, -0.25) is 19.7 Å². The highest BCUT2D eigenvalue weighted by Gasteiger charge is 2.69. The summed E-state index contributed by atoms with van der Waals surface area (Å²) < 4.78 is 42.9. The van der Waals surface area contributed by atoms with Crippen molar-refractivity contribution in [1.29, 1.82) is 0 Å². The molecule has 3 aliphatic rings. The zero-order valence-corrected chi connectivity index (χ0v) is 21.5. The summed E-state index contributed by atoms with van der Waals surface area (Å²) in [6.07, 6.45) is 0.602. The Morgan fingerprint density at radius 3 is 2.38 bits per heavy atom. The third-order valence-electron chi connectivity index (χ3n) is 8.42. The van der Waals surface area contributed by atoms with Gasteiger partial charge >= 0.3 is 12.3 Å². The molecule has 0 spiro atoms. The molecule has 1 saturated carbocycles. The standard InChI is InChI=1S/C29H31F3N2O5/c1-2-17-11-13-20(14-12-17)34-25(35)22-23(26(34)36)28(27(37)38,16-18-7-4-3-5-8-18)33-24(22)19-9-6-10-21(15-19)39-29(30,31)32/h6,9-15,18,22-24,33H,2-5,7-8,16H2,1H3,(H,37,38). The predicted molar refractivity (Wildman–Crippen MR) is 136 cm³/mol. The van der Waals surface area contributed by atoms with Crippen molar-refractivity contribution in [3.63, 3.8) is 0 Å². The van der Waals surface area contributed by atoms with Crippen molar-refractivity contribution in [3.8, 4) is 5.75 Å². The van der Waals surface area contributed by atoms with Crippen LogP contribution in [0.4, 0.5) is 18.9 Å². The fraction of sp³-hybridized carbons (Fsp3) is 0.483. The highest BCUT2D eigenvalue weighted by molar-refractivity contribution is 6.24. The van der Waals surface area contributed by atoms with E-state index >= 15 is 0 Å². The average molecular weight is 545 g/mol. The molecule has 208 valence electrons. The van der Waals surface area contributed by atoms with Crippen LogP contribution in [0.15, 0.2) is 48.5 Å². The quantitative estimate of drug-likeness (QED) is 0.454. The normalized spacial score (nSPS) is 27.6. The second kappa shape index (κ2) is 10.3. The topological polar surface area (TPSA) is 95.9 Å². The van der Waals surface area contributed by atoms with E-state index < -0.39 is 53.3 Å². The number of ether oxygens (including phenoxy) is 1. The molecule has 0 bridgehead atoms. The molecule has 2 amide bonds. The van der Waals surface area contributed by atoms with Gasteiger partial charge in [0.2, 0.25) is 11.8 Å². The van der Waals surface area contributed by atoms with E-state index in [9.17, 15) is 32.7 Å². The van der Waals surface area contributed by atoms with Gasteiger partial charge in [0.15, 0.2) is 0 Å². The van der Waals surface area contributed by atoms with Gasteiger partial charge in [-0.1, -0.05) is 63.3 Å². The van der Waals surface area contributed by atoms with E-state index in [1.807, 2.05) is 19.1 Å². The van der Waals surface area contributed by atoms with Gasteiger partial charge in [-0.15, -0.1) is 13.2 Å². The smallest absolute Gasteiger partial charge is 0.480 e. The number of hydrogen-bond acceptors (Lipinski definition) is 5. The van der Waals surface area contributed by atoms with Gasteiger partial charge in [0.05, 0.1) is 17.5 Å². The van der Waals surface area contributed by atoms with Crippen LogP contribution in [0.5, 0.6) is 5.75 Å². The molecule has 2 aromatic carbocycles. The van der Waals surface area contributed by atoms with Crippen molar-refractivity contribution in [3.05, 3.63) is 59.7 Å². The summed E-state index contributed by atoms with van der Waals surface area (Å²) in [7, 11) is 0. The number of nitrogens with one attached hydrogen (secondary N) is 1. The van der Waals surface area contributed by atoms with Gasteiger partial charge in [0.1, 0.15) is 11.3 Å². The Morgan fingerprint density at radius 2 is 1.77 bits per heavy atom. The molecule has 2 aliphatic heterocycles. The van der Waals surface area contributed by atoms with E-state index in [0.29, 0.717) is 5.69 Å². The first kappa shape index (κ1) is 27.2. The molecule has 0 radical (unpaired) electrons. The lowest BCUT2D eigenvalue weighted by Gasteiger charge is -2.35. The first-order valence-corrected chi connectivity index (χ1v) is 13.4. The van der Waals surface area contributed by atoms with Crippen molar-refractivity contribution in [2.75, 3.05) is 4.90 Å². The number of carboxylic acids is 1. The van der Waals surface area contributed by atoms with Crippen LogP contribution in [0, 0.1) is 17.8 Å². The molecule has 4 atom stereocenters. The Labute approximate surface area is 224 Å². The minimum absolute atomic E-state index is 0.0439. The summed E-state index contributed by atoms with van der Waals surface area (Å²) in [6.45, 7) is 1.98. The molecule has 3 fully saturated rings. The number of carbonyl (C=O) groups excluding carboxylic acids is 2. The molecular formula is C29H31F3N2O5. The predicted octanol–water partition coefficient (Wildman–Crippen LogP) is 5.39. The number of carboxylic acid groups (broad SMARTS) is 1. The zero-order valence-electron chi connectivity index (χ0n) is 21.5. The molecule has 10 heteroatoms. The molecule has 2 heterocycles. The third-order valence-corrected chi connectivity index (χ3v) is 8.42. The number of amides is 2. The SMILES string of the molecule is CCc1ccc(N2C(=O)C3C(c4cccc(OC(F)(F)F)c4)NC(CC4CCCCC4)(C(=O)O)C3C2=O)cc1. The molecule has 1 aliphatic carbocycles. The number of aryl methyl sites for hydroxylation is 1. The Hall–Kier alpha value is -3.40. The first-order chi connectivity index (χ1) is 18.5. The largest absolute Gasteiger partial charge is 0.573 e. The number of nitrogens with zero attached hydrogens (tertiary/aromatic N) is 1. The second-order valence-electron chi connectivity index (χ2n) is 10.8. The molecule has 39 heavy (non-hydrogen) atoms.